The Hall–Kier alpha value is -4.11. The van der Waals surface area contributed by atoms with Crippen molar-refractivity contribution in [3.8, 4) is 5.75 Å². The number of amides is 2. The van der Waals surface area contributed by atoms with Crippen molar-refractivity contribution in [1.82, 2.24) is 15.6 Å². The molecule has 4 N–H and O–H groups in total. The number of hydrogen-bond acceptors (Lipinski definition) is 7. The van der Waals surface area contributed by atoms with Gasteiger partial charge in [0.2, 0.25) is 5.91 Å². The molecule has 9 nitrogen and oxygen atoms in total. The van der Waals surface area contributed by atoms with E-state index in [1.165, 1.54) is 12.6 Å². The molecule has 9 heteroatoms. The summed E-state index contributed by atoms with van der Waals surface area (Å²) in [5, 5.41) is 12.5. The van der Waals surface area contributed by atoms with E-state index >= 15 is 0 Å². The highest BCUT2D eigenvalue weighted by atomic mass is 16.5. The number of aromatic nitrogens is 1. The Morgan fingerprint density at radius 3 is 2.76 bits per heavy atom. The second-order valence-electron chi connectivity index (χ2n) is 9.38. The van der Waals surface area contributed by atoms with E-state index in [9.17, 15) is 9.59 Å². The van der Waals surface area contributed by atoms with Gasteiger partial charge in [0, 0.05) is 63.3 Å². The number of nitrogens with zero attached hydrogens (tertiary/aromatic N) is 2. The number of carbonyl (C=O) groups is 2. The smallest absolute Gasteiger partial charge is 0.253 e. The van der Waals surface area contributed by atoms with Crippen LogP contribution in [0.3, 0.4) is 0 Å². The molecule has 2 aliphatic heterocycles. The van der Waals surface area contributed by atoms with E-state index in [0.717, 1.165) is 55.2 Å². The van der Waals surface area contributed by atoms with Crippen LogP contribution in [0.1, 0.15) is 28.4 Å². The van der Waals surface area contributed by atoms with Gasteiger partial charge in [0.15, 0.2) is 0 Å². The third-order valence-corrected chi connectivity index (χ3v) is 6.52. The van der Waals surface area contributed by atoms with Gasteiger partial charge >= 0.3 is 0 Å². The lowest BCUT2D eigenvalue weighted by molar-refractivity contribution is -0.114. The molecule has 192 valence electrons. The number of anilines is 3. The van der Waals surface area contributed by atoms with Gasteiger partial charge in [-0.2, -0.15) is 0 Å². The molecule has 0 spiro atoms. The average Bonchev–Trinajstić information content (AvgIpc) is 2.92. The lowest BCUT2D eigenvalue weighted by atomic mass is 10.0. The first-order valence-electron chi connectivity index (χ1n) is 12.6. The molecule has 0 saturated carbocycles. The van der Waals surface area contributed by atoms with Crippen molar-refractivity contribution in [2.45, 2.75) is 25.9 Å². The van der Waals surface area contributed by atoms with Gasteiger partial charge < -0.3 is 30.9 Å². The predicted molar refractivity (Wildman–Crippen MR) is 144 cm³/mol. The zero-order valence-electron chi connectivity index (χ0n) is 20.9. The molecule has 0 aliphatic carbocycles. The minimum absolute atomic E-state index is 0.0984. The molecule has 1 unspecified atom stereocenters. The van der Waals surface area contributed by atoms with Gasteiger partial charge in [-0.25, -0.2) is 4.98 Å². The second kappa shape index (κ2) is 11.3. The molecular weight excluding hydrogens is 468 g/mol. The molecular formula is C28H32N6O3. The monoisotopic (exact) mass is 500 g/mol. The van der Waals surface area contributed by atoms with Crippen LogP contribution in [0.4, 0.5) is 17.2 Å². The Morgan fingerprint density at radius 2 is 1.97 bits per heavy atom. The zero-order valence-corrected chi connectivity index (χ0v) is 20.9. The van der Waals surface area contributed by atoms with Gasteiger partial charge in [0.25, 0.3) is 5.91 Å². The molecule has 1 atom stereocenters. The van der Waals surface area contributed by atoms with Crippen LogP contribution in [0.5, 0.6) is 5.75 Å². The predicted octanol–water partition coefficient (Wildman–Crippen LogP) is 2.80. The number of carbonyl (C=O) groups excluding carboxylic acids is 2. The van der Waals surface area contributed by atoms with E-state index in [-0.39, 0.29) is 17.9 Å². The Bertz CT molecular complexity index is 1260. The van der Waals surface area contributed by atoms with Crippen molar-refractivity contribution in [2.75, 3.05) is 48.3 Å². The SMILES string of the molecule is CC(=O)Nc1cccc(CNc2ccc(C(=O)NC3COc4cc(N5CCNCC5)ccc4C3)cn2)c1. The summed E-state index contributed by atoms with van der Waals surface area (Å²) < 4.78 is 6.02. The van der Waals surface area contributed by atoms with E-state index in [1.807, 2.05) is 24.3 Å². The normalized spacial score (nSPS) is 16.8. The Labute approximate surface area is 216 Å². The summed E-state index contributed by atoms with van der Waals surface area (Å²) in [6.45, 7) is 6.43. The zero-order chi connectivity index (χ0) is 25.6. The minimum Gasteiger partial charge on any atom is -0.491 e. The van der Waals surface area contributed by atoms with E-state index in [1.54, 1.807) is 18.3 Å². The van der Waals surface area contributed by atoms with Gasteiger partial charge in [0.1, 0.15) is 18.2 Å². The van der Waals surface area contributed by atoms with Crippen molar-refractivity contribution in [3.05, 3.63) is 77.5 Å². The molecule has 3 heterocycles. The first-order chi connectivity index (χ1) is 18.0. The van der Waals surface area contributed by atoms with Crippen LogP contribution in [-0.2, 0) is 17.8 Å². The van der Waals surface area contributed by atoms with Crippen LogP contribution in [0.15, 0.2) is 60.8 Å². The molecule has 0 radical (unpaired) electrons. The largest absolute Gasteiger partial charge is 0.491 e. The van der Waals surface area contributed by atoms with Crippen LogP contribution < -0.4 is 30.9 Å². The van der Waals surface area contributed by atoms with Gasteiger partial charge in [-0.05, 0) is 47.9 Å². The third-order valence-electron chi connectivity index (χ3n) is 6.52. The fourth-order valence-electron chi connectivity index (χ4n) is 4.63. The Kier molecular flexibility index (Phi) is 7.51. The van der Waals surface area contributed by atoms with E-state index in [0.29, 0.717) is 24.5 Å². The quantitative estimate of drug-likeness (QED) is 0.395. The highest BCUT2D eigenvalue weighted by Gasteiger charge is 2.23. The third kappa shape index (κ3) is 6.37. The summed E-state index contributed by atoms with van der Waals surface area (Å²) in [5.41, 5.74) is 4.55. The number of rotatable bonds is 7. The maximum Gasteiger partial charge on any atom is 0.253 e. The molecule has 1 aromatic heterocycles. The maximum atomic E-state index is 12.8. The van der Waals surface area contributed by atoms with Crippen LogP contribution in [0.25, 0.3) is 0 Å². The van der Waals surface area contributed by atoms with Gasteiger partial charge in [0.05, 0.1) is 11.6 Å². The number of hydrogen-bond donors (Lipinski definition) is 4. The topological polar surface area (TPSA) is 108 Å². The molecule has 2 aromatic carbocycles. The van der Waals surface area contributed by atoms with E-state index < -0.39 is 0 Å². The summed E-state index contributed by atoms with van der Waals surface area (Å²) in [6, 6.07) is 17.4. The minimum atomic E-state index is -0.170. The molecule has 3 aromatic rings. The molecule has 2 amide bonds. The van der Waals surface area contributed by atoms with Crippen molar-refractivity contribution < 1.29 is 14.3 Å². The highest BCUT2D eigenvalue weighted by molar-refractivity contribution is 5.94. The summed E-state index contributed by atoms with van der Waals surface area (Å²) >= 11 is 0. The lowest BCUT2D eigenvalue weighted by Crippen LogP contribution is -2.44. The second-order valence-corrected chi connectivity index (χ2v) is 9.38. The number of nitrogens with one attached hydrogen (secondary N) is 4. The summed E-state index contributed by atoms with van der Waals surface area (Å²) in [5.74, 6) is 1.29. The summed E-state index contributed by atoms with van der Waals surface area (Å²) in [6.07, 6.45) is 2.30. The van der Waals surface area contributed by atoms with Crippen molar-refractivity contribution >= 4 is 29.0 Å². The lowest BCUT2D eigenvalue weighted by Gasteiger charge is -2.31. The van der Waals surface area contributed by atoms with Crippen molar-refractivity contribution in [3.63, 3.8) is 0 Å². The van der Waals surface area contributed by atoms with Crippen LogP contribution in [0, 0.1) is 0 Å². The Balaban J connectivity index is 1.13. The number of pyridine rings is 1. The highest BCUT2D eigenvalue weighted by Crippen LogP contribution is 2.30. The molecule has 2 aliphatic rings. The maximum absolute atomic E-state index is 12.8. The first-order valence-corrected chi connectivity index (χ1v) is 12.6. The van der Waals surface area contributed by atoms with Gasteiger partial charge in [-0.3, -0.25) is 9.59 Å². The summed E-state index contributed by atoms with van der Waals surface area (Å²) in [7, 11) is 0. The molecule has 37 heavy (non-hydrogen) atoms. The number of piperazine rings is 1. The van der Waals surface area contributed by atoms with E-state index in [2.05, 4.69) is 49.4 Å². The number of fused-ring (bicyclic) bond motifs is 1. The van der Waals surface area contributed by atoms with Crippen LogP contribution >= 0.6 is 0 Å². The first kappa shape index (κ1) is 24.6. The molecule has 1 saturated heterocycles. The van der Waals surface area contributed by atoms with Crippen LogP contribution in [0.2, 0.25) is 0 Å². The van der Waals surface area contributed by atoms with Crippen molar-refractivity contribution in [2.24, 2.45) is 0 Å². The fourth-order valence-corrected chi connectivity index (χ4v) is 4.63. The van der Waals surface area contributed by atoms with Crippen molar-refractivity contribution in [1.29, 1.82) is 0 Å². The summed E-state index contributed by atoms with van der Waals surface area (Å²) in [4.78, 5) is 30.8. The number of ether oxygens (including phenoxy) is 1. The van der Waals surface area contributed by atoms with Gasteiger partial charge in [-0.1, -0.05) is 18.2 Å². The molecule has 0 bridgehead atoms. The van der Waals surface area contributed by atoms with E-state index in [4.69, 9.17) is 4.74 Å². The standard InChI is InChI=1S/C28H32N6O3/c1-19(35)32-23-4-2-3-20(13-23)16-30-27-8-6-22(17-31-27)28(36)33-24-14-21-5-7-25(15-26(21)37-18-24)34-11-9-29-10-12-34/h2-8,13,15,17,24,29H,9-12,14,16,18H2,1H3,(H,30,31)(H,32,35)(H,33,36). The fraction of sp³-hybridized carbons (Fsp3) is 0.321. The average molecular weight is 501 g/mol. The molecule has 5 rings (SSSR count). The Morgan fingerprint density at radius 1 is 1.11 bits per heavy atom. The molecule has 1 fully saturated rings. The number of benzene rings is 2. The van der Waals surface area contributed by atoms with Crippen LogP contribution in [-0.4, -0.2) is 55.6 Å². The van der Waals surface area contributed by atoms with Gasteiger partial charge in [-0.15, -0.1) is 0 Å².